The minimum absolute atomic E-state index is 0.0200. The van der Waals surface area contributed by atoms with Crippen LogP contribution in [0.4, 0.5) is 0 Å². The van der Waals surface area contributed by atoms with Crippen molar-refractivity contribution in [2.24, 2.45) is 0 Å². The predicted octanol–water partition coefficient (Wildman–Crippen LogP) is 1.86. The van der Waals surface area contributed by atoms with Crippen LogP contribution in [0.2, 0.25) is 0 Å². The average molecular weight is 363 g/mol. The standard InChI is InChI=1S/C18H20I/c1-3-9-15(10-4-1)17-13-7-8-14-18(17)19-16-11-5-2-6-12-16/h2,5-8,11-15H,1,3-4,9-10H2/q+1. The van der Waals surface area contributed by atoms with E-state index in [0.29, 0.717) is 0 Å². The van der Waals surface area contributed by atoms with Crippen molar-refractivity contribution in [1.29, 1.82) is 0 Å². The van der Waals surface area contributed by atoms with Gasteiger partial charge in [-0.25, -0.2) is 0 Å². The first-order valence-electron chi connectivity index (χ1n) is 7.22. The molecule has 1 saturated carbocycles. The smallest absolute Gasteiger partial charge is 0.0619 e. The predicted molar refractivity (Wildman–Crippen MR) is 76.1 cm³/mol. The lowest BCUT2D eigenvalue weighted by Gasteiger charge is -2.21. The van der Waals surface area contributed by atoms with Gasteiger partial charge < -0.3 is 0 Å². The molecule has 0 spiro atoms. The van der Waals surface area contributed by atoms with Crippen molar-refractivity contribution >= 4 is 0 Å². The van der Waals surface area contributed by atoms with Crippen LogP contribution >= 0.6 is 0 Å². The molecule has 19 heavy (non-hydrogen) atoms. The highest BCUT2D eigenvalue weighted by molar-refractivity contribution is 5.19. The number of hydrogen-bond donors (Lipinski definition) is 0. The van der Waals surface area contributed by atoms with E-state index in [-0.39, 0.29) is 21.2 Å². The highest BCUT2D eigenvalue weighted by atomic mass is 127. The third kappa shape index (κ3) is 3.38. The number of benzene rings is 2. The number of halogens is 1. The van der Waals surface area contributed by atoms with Gasteiger partial charge in [0, 0.05) is 5.56 Å². The summed E-state index contributed by atoms with van der Waals surface area (Å²) in [6.07, 6.45) is 7.07. The SMILES string of the molecule is c1ccc([I+]c2ccccc2C2CCCCC2)cc1. The molecule has 0 saturated heterocycles. The molecular weight excluding hydrogens is 343 g/mol. The van der Waals surface area contributed by atoms with E-state index in [1.807, 2.05) is 0 Å². The number of rotatable bonds is 3. The second-order valence-corrected chi connectivity index (χ2v) is 8.19. The van der Waals surface area contributed by atoms with Crippen molar-refractivity contribution in [2.75, 3.05) is 0 Å². The van der Waals surface area contributed by atoms with E-state index in [0.717, 1.165) is 5.92 Å². The van der Waals surface area contributed by atoms with Crippen LogP contribution in [-0.2, 0) is 0 Å². The van der Waals surface area contributed by atoms with Crippen molar-refractivity contribution in [2.45, 2.75) is 38.0 Å². The third-order valence-corrected chi connectivity index (χ3v) is 6.80. The Labute approximate surface area is 126 Å². The average Bonchev–Trinajstić information content (AvgIpc) is 2.50. The van der Waals surface area contributed by atoms with Gasteiger partial charge in [-0.2, -0.15) is 0 Å². The summed E-state index contributed by atoms with van der Waals surface area (Å²) in [5.41, 5.74) is 1.65. The fraction of sp³-hybridized carbons (Fsp3) is 0.333. The summed E-state index contributed by atoms with van der Waals surface area (Å²) in [4.78, 5) is 0. The van der Waals surface area contributed by atoms with Gasteiger partial charge in [0.05, 0.1) is 0 Å². The van der Waals surface area contributed by atoms with E-state index in [1.165, 1.54) is 35.7 Å². The molecule has 0 nitrogen and oxygen atoms in total. The van der Waals surface area contributed by atoms with Gasteiger partial charge in [-0.3, -0.25) is 0 Å². The maximum absolute atomic E-state index is 2.38. The van der Waals surface area contributed by atoms with Crippen LogP contribution in [0.15, 0.2) is 54.6 Å². The topological polar surface area (TPSA) is 0 Å². The first-order valence-corrected chi connectivity index (χ1v) is 9.38. The van der Waals surface area contributed by atoms with E-state index in [1.54, 1.807) is 9.13 Å². The first-order chi connectivity index (χ1) is 9.43. The highest BCUT2D eigenvalue weighted by Crippen LogP contribution is 2.32. The molecule has 0 atom stereocenters. The Balaban J connectivity index is 1.84. The van der Waals surface area contributed by atoms with Gasteiger partial charge in [-0.05, 0) is 37.0 Å². The van der Waals surface area contributed by atoms with Crippen LogP contribution in [0.1, 0.15) is 43.6 Å². The van der Waals surface area contributed by atoms with Gasteiger partial charge in [0.1, 0.15) is 0 Å². The van der Waals surface area contributed by atoms with Crippen LogP contribution in [0.3, 0.4) is 0 Å². The van der Waals surface area contributed by atoms with Crippen molar-refractivity contribution in [3.05, 3.63) is 67.3 Å². The lowest BCUT2D eigenvalue weighted by Crippen LogP contribution is -3.61. The summed E-state index contributed by atoms with van der Waals surface area (Å²) >= 11 is -0.0200. The zero-order valence-corrected chi connectivity index (χ0v) is 13.3. The van der Waals surface area contributed by atoms with Crippen molar-refractivity contribution in [1.82, 2.24) is 0 Å². The lowest BCUT2D eigenvalue weighted by molar-refractivity contribution is -0.598. The summed E-state index contributed by atoms with van der Waals surface area (Å²) in [7, 11) is 0. The third-order valence-electron chi connectivity index (χ3n) is 3.89. The molecule has 2 aromatic rings. The van der Waals surface area contributed by atoms with Crippen molar-refractivity contribution < 1.29 is 21.2 Å². The molecule has 0 aliphatic heterocycles. The lowest BCUT2D eigenvalue weighted by atomic mass is 9.84. The molecule has 1 heteroatoms. The molecule has 3 rings (SSSR count). The molecule has 0 aromatic heterocycles. The zero-order chi connectivity index (χ0) is 12.9. The molecule has 1 fully saturated rings. The van der Waals surface area contributed by atoms with Gasteiger partial charge >= 0.3 is 21.2 Å². The maximum atomic E-state index is 2.38. The normalized spacial score (nSPS) is 16.4. The minimum Gasteiger partial charge on any atom is -0.0619 e. The van der Waals surface area contributed by atoms with E-state index < -0.39 is 0 Å². The van der Waals surface area contributed by atoms with Crippen molar-refractivity contribution in [3.63, 3.8) is 0 Å². The molecule has 0 amide bonds. The molecule has 0 unspecified atom stereocenters. The van der Waals surface area contributed by atoms with Gasteiger partial charge in [-0.1, -0.05) is 55.7 Å². The fourth-order valence-corrected chi connectivity index (χ4v) is 5.67. The van der Waals surface area contributed by atoms with Gasteiger partial charge in [0.25, 0.3) is 0 Å². The Hall–Kier alpha value is -0.830. The van der Waals surface area contributed by atoms with Gasteiger partial charge in [0.15, 0.2) is 7.14 Å². The van der Waals surface area contributed by atoms with Gasteiger partial charge in [-0.15, -0.1) is 0 Å². The fourth-order valence-electron chi connectivity index (χ4n) is 2.90. The summed E-state index contributed by atoms with van der Waals surface area (Å²) < 4.78 is 3.17. The molecule has 1 aliphatic rings. The summed E-state index contributed by atoms with van der Waals surface area (Å²) in [6.45, 7) is 0. The van der Waals surface area contributed by atoms with E-state index in [9.17, 15) is 0 Å². The second kappa shape index (κ2) is 6.56. The van der Waals surface area contributed by atoms with Crippen molar-refractivity contribution in [3.8, 4) is 0 Å². The summed E-state index contributed by atoms with van der Waals surface area (Å²) in [5, 5.41) is 0. The molecule has 0 bridgehead atoms. The Kier molecular flexibility index (Phi) is 4.54. The Bertz CT molecular complexity index is 512. The monoisotopic (exact) mass is 363 g/mol. The Morgan fingerprint density at radius 2 is 1.42 bits per heavy atom. The van der Waals surface area contributed by atoms with Gasteiger partial charge in [0.2, 0.25) is 0 Å². The van der Waals surface area contributed by atoms with E-state index in [4.69, 9.17) is 0 Å². The Morgan fingerprint density at radius 3 is 2.21 bits per heavy atom. The number of hydrogen-bond acceptors (Lipinski definition) is 0. The second-order valence-electron chi connectivity index (χ2n) is 5.25. The van der Waals surface area contributed by atoms with Crippen LogP contribution in [-0.4, -0.2) is 0 Å². The Morgan fingerprint density at radius 1 is 0.737 bits per heavy atom. The molecule has 1 aliphatic carbocycles. The zero-order valence-electron chi connectivity index (χ0n) is 11.2. The maximum Gasteiger partial charge on any atom is 0.358 e. The summed E-state index contributed by atoms with van der Waals surface area (Å²) in [6, 6.07) is 20.2. The van der Waals surface area contributed by atoms with Crippen LogP contribution in [0, 0.1) is 7.14 Å². The minimum atomic E-state index is -0.0200. The highest BCUT2D eigenvalue weighted by Gasteiger charge is 2.25. The molecule has 0 heterocycles. The molecule has 98 valence electrons. The molecule has 2 aromatic carbocycles. The largest absolute Gasteiger partial charge is 0.358 e. The molecule has 0 radical (unpaired) electrons. The summed E-state index contributed by atoms with van der Waals surface area (Å²) in [5.74, 6) is 0.827. The van der Waals surface area contributed by atoms with E-state index >= 15 is 0 Å². The van der Waals surface area contributed by atoms with E-state index in [2.05, 4.69) is 54.6 Å². The molecular formula is C18H20I+. The van der Waals surface area contributed by atoms with Crippen LogP contribution < -0.4 is 21.2 Å². The quantitative estimate of drug-likeness (QED) is 0.731. The molecule has 0 N–H and O–H groups in total. The first kappa shape index (κ1) is 13.2. The van der Waals surface area contributed by atoms with Crippen LogP contribution in [0.5, 0.6) is 0 Å². The van der Waals surface area contributed by atoms with Crippen LogP contribution in [0.25, 0.3) is 0 Å².